The van der Waals surface area contributed by atoms with Crippen molar-refractivity contribution in [1.29, 1.82) is 0 Å². The first kappa shape index (κ1) is 12.8. The first-order valence-electron chi connectivity index (χ1n) is 6.45. The van der Waals surface area contributed by atoms with E-state index in [-0.39, 0.29) is 0 Å². The molecule has 2 atom stereocenters. The highest BCUT2D eigenvalue weighted by molar-refractivity contribution is 7.09. The third-order valence-corrected chi connectivity index (χ3v) is 4.21. The summed E-state index contributed by atoms with van der Waals surface area (Å²) in [5.41, 5.74) is 5.87. The van der Waals surface area contributed by atoms with Crippen molar-refractivity contribution in [2.75, 3.05) is 11.4 Å². The zero-order valence-electron chi connectivity index (χ0n) is 10.9. The van der Waals surface area contributed by atoms with Crippen LogP contribution in [0, 0.1) is 0 Å². The van der Waals surface area contributed by atoms with Crippen LogP contribution < -0.4 is 10.6 Å². The average Bonchev–Trinajstić information content (AvgIpc) is 2.77. The minimum atomic E-state index is 0.399. The van der Waals surface area contributed by atoms with Gasteiger partial charge in [-0.1, -0.05) is 13.8 Å². The molecule has 2 heterocycles. The second kappa shape index (κ2) is 5.31. The van der Waals surface area contributed by atoms with Gasteiger partial charge < -0.3 is 10.6 Å². The molecule has 17 heavy (non-hydrogen) atoms. The number of piperidine rings is 1. The zero-order valence-corrected chi connectivity index (χ0v) is 11.7. The fourth-order valence-corrected chi connectivity index (χ4v) is 3.41. The molecule has 2 rings (SSSR count). The molecule has 0 spiro atoms. The van der Waals surface area contributed by atoms with Gasteiger partial charge in [0.1, 0.15) is 5.82 Å². The Hall–Kier alpha value is -0.680. The number of nitrogens with two attached hydrogens (primary N) is 1. The fourth-order valence-electron chi connectivity index (χ4n) is 2.43. The molecule has 0 aromatic carbocycles. The number of nitrogens with zero attached hydrogens (tertiary/aromatic N) is 3. The molecule has 2 N–H and O–H groups in total. The van der Waals surface area contributed by atoms with Crippen molar-refractivity contribution < 1.29 is 0 Å². The van der Waals surface area contributed by atoms with Crippen LogP contribution in [0.3, 0.4) is 0 Å². The van der Waals surface area contributed by atoms with Crippen LogP contribution in [-0.2, 0) is 0 Å². The van der Waals surface area contributed by atoms with E-state index in [1.165, 1.54) is 30.8 Å². The van der Waals surface area contributed by atoms with Crippen molar-refractivity contribution in [2.24, 2.45) is 5.73 Å². The van der Waals surface area contributed by atoms with E-state index in [0.717, 1.165) is 11.0 Å². The number of anilines is 1. The zero-order chi connectivity index (χ0) is 12.4. The molecule has 0 amide bonds. The largest absolute Gasteiger partial charge is 0.340 e. The van der Waals surface area contributed by atoms with Gasteiger partial charge in [0.15, 0.2) is 0 Å². The molecule has 1 aromatic heterocycles. The van der Waals surface area contributed by atoms with Crippen LogP contribution in [0.5, 0.6) is 0 Å². The highest BCUT2D eigenvalue weighted by Gasteiger charge is 2.29. The summed E-state index contributed by atoms with van der Waals surface area (Å²) in [6.45, 7) is 7.23. The summed E-state index contributed by atoms with van der Waals surface area (Å²) in [5, 5.41) is 1.05. The van der Waals surface area contributed by atoms with Gasteiger partial charge in [0.05, 0.1) is 0 Å². The van der Waals surface area contributed by atoms with Gasteiger partial charge in [-0.3, -0.25) is 0 Å². The third-order valence-electron chi connectivity index (χ3n) is 3.47. The molecule has 96 valence electrons. The number of hydrogen-bond acceptors (Lipinski definition) is 5. The number of hydrogen-bond donors (Lipinski definition) is 1. The van der Waals surface area contributed by atoms with E-state index >= 15 is 0 Å². The van der Waals surface area contributed by atoms with Crippen LogP contribution in [0.15, 0.2) is 0 Å². The molecular formula is C12H22N4S. The Labute approximate surface area is 107 Å². The van der Waals surface area contributed by atoms with Crippen LogP contribution in [0.2, 0.25) is 0 Å². The van der Waals surface area contributed by atoms with Crippen LogP contribution in [0.25, 0.3) is 0 Å². The summed E-state index contributed by atoms with van der Waals surface area (Å²) >= 11 is 1.52. The second-order valence-corrected chi connectivity index (χ2v) is 5.90. The maximum absolute atomic E-state index is 5.87. The monoisotopic (exact) mass is 254 g/mol. The Morgan fingerprint density at radius 1 is 1.47 bits per heavy atom. The minimum Gasteiger partial charge on any atom is -0.340 e. The summed E-state index contributed by atoms with van der Waals surface area (Å²) in [6.07, 6.45) is 3.68. The van der Waals surface area contributed by atoms with Crippen molar-refractivity contribution in [2.45, 2.75) is 58.0 Å². The average molecular weight is 254 g/mol. The Morgan fingerprint density at radius 2 is 2.24 bits per heavy atom. The summed E-state index contributed by atoms with van der Waals surface area (Å²) in [4.78, 5) is 7.04. The van der Waals surface area contributed by atoms with Gasteiger partial charge in [0.25, 0.3) is 0 Å². The molecule has 1 aromatic rings. The quantitative estimate of drug-likeness (QED) is 0.899. The van der Waals surface area contributed by atoms with E-state index in [0.29, 0.717) is 24.5 Å². The van der Waals surface area contributed by atoms with Gasteiger partial charge in [0.2, 0.25) is 5.13 Å². The van der Waals surface area contributed by atoms with E-state index in [2.05, 4.69) is 35.0 Å². The molecule has 0 radical (unpaired) electrons. The van der Waals surface area contributed by atoms with Gasteiger partial charge in [-0.2, -0.15) is 4.37 Å². The molecule has 4 nitrogen and oxygen atoms in total. The van der Waals surface area contributed by atoms with Crippen molar-refractivity contribution in [3.05, 3.63) is 5.82 Å². The molecular weight excluding hydrogens is 232 g/mol. The highest BCUT2D eigenvalue weighted by Crippen LogP contribution is 2.31. The second-order valence-electron chi connectivity index (χ2n) is 5.17. The third kappa shape index (κ3) is 2.60. The van der Waals surface area contributed by atoms with Gasteiger partial charge in [0, 0.05) is 36.1 Å². The lowest BCUT2D eigenvalue weighted by Crippen LogP contribution is -2.49. The normalized spacial score (nSPS) is 25.6. The van der Waals surface area contributed by atoms with E-state index in [1.54, 1.807) is 0 Å². The lowest BCUT2D eigenvalue weighted by atomic mass is 9.97. The Kier molecular flexibility index (Phi) is 3.99. The summed E-state index contributed by atoms with van der Waals surface area (Å²) in [5.74, 6) is 1.36. The van der Waals surface area contributed by atoms with Gasteiger partial charge >= 0.3 is 0 Å². The van der Waals surface area contributed by atoms with Crippen molar-refractivity contribution in [3.8, 4) is 0 Å². The van der Waals surface area contributed by atoms with Crippen molar-refractivity contribution in [3.63, 3.8) is 0 Å². The highest BCUT2D eigenvalue weighted by atomic mass is 32.1. The van der Waals surface area contributed by atoms with Crippen LogP contribution >= 0.6 is 11.5 Å². The predicted octanol–water partition coefficient (Wildman–Crippen LogP) is 2.37. The molecule has 1 aliphatic heterocycles. The molecule has 0 saturated carbocycles. The molecule has 5 heteroatoms. The Morgan fingerprint density at radius 3 is 2.82 bits per heavy atom. The van der Waals surface area contributed by atoms with E-state index in [1.807, 2.05) is 0 Å². The SMILES string of the molecule is CC(C)c1nsc(N2C(C)CCCC2CN)n1. The topological polar surface area (TPSA) is 55.0 Å². The summed E-state index contributed by atoms with van der Waals surface area (Å²) < 4.78 is 4.44. The van der Waals surface area contributed by atoms with Gasteiger partial charge in [-0.15, -0.1) is 0 Å². The Balaban J connectivity index is 2.22. The molecule has 0 bridgehead atoms. The van der Waals surface area contributed by atoms with Gasteiger partial charge in [-0.05, 0) is 26.2 Å². The molecule has 1 saturated heterocycles. The van der Waals surface area contributed by atoms with E-state index in [9.17, 15) is 0 Å². The van der Waals surface area contributed by atoms with Crippen molar-refractivity contribution >= 4 is 16.7 Å². The van der Waals surface area contributed by atoms with Crippen LogP contribution in [0.4, 0.5) is 5.13 Å². The molecule has 1 aliphatic rings. The Bertz CT molecular complexity index is 363. The standard InChI is InChI=1S/C12H22N4S/c1-8(2)11-14-12(17-15-11)16-9(3)5-4-6-10(16)7-13/h8-10H,4-7,13H2,1-3H3. The number of aromatic nitrogens is 2. The maximum atomic E-state index is 5.87. The predicted molar refractivity (Wildman–Crippen MR) is 72.6 cm³/mol. The molecule has 2 unspecified atom stereocenters. The first-order valence-corrected chi connectivity index (χ1v) is 7.22. The van der Waals surface area contributed by atoms with E-state index < -0.39 is 0 Å². The molecule has 1 fully saturated rings. The lowest BCUT2D eigenvalue weighted by molar-refractivity contribution is 0.400. The lowest BCUT2D eigenvalue weighted by Gasteiger charge is -2.39. The smallest absolute Gasteiger partial charge is 0.205 e. The summed E-state index contributed by atoms with van der Waals surface area (Å²) in [6, 6.07) is 0.969. The first-order chi connectivity index (χ1) is 8.13. The summed E-state index contributed by atoms with van der Waals surface area (Å²) in [7, 11) is 0. The minimum absolute atomic E-state index is 0.399. The van der Waals surface area contributed by atoms with Gasteiger partial charge in [-0.25, -0.2) is 4.98 Å². The van der Waals surface area contributed by atoms with Crippen LogP contribution in [0.1, 0.15) is 51.8 Å². The fraction of sp³-hybridized carbons (Fsp3) is 0.833. The van der Waals surface area contributed by atoms with E-state index in [4.69, 9.17) is 5.73 Å². The number of rotatable bonds is 3. The van der Waals surface area contributed by atoms with Crippen LogP contribution in [-0.4, -0.2) is 28.0 Å². The maximum Gasteiger partial charge on any atom is 0.205 e. The van der Waals surface area contributed by atoms with Crippen molar-refractivity contribution in [1.82, 2.24) is 9.36 Å². The molecule has 0 aliphatic carbocycles.